The standard InChI is InChI=1S/C13H25N3/c1-3-5-6-7-8-12(14)13-15-9-11-16(13)10-4-2/h9,11-12H,3-8,10,14H2,1-2H3. The molecule has 0 saturated carbocycles. The third-order valence-corrected chi connectivity index (χ3v) is 2.91. The molecule has 2 N–H and O–H groups in total. The molecule has 0 aliphatic carbocycles. The molecule has 3 heteroatoms. The summed E-state index contributed by atoms with van der Waals surface area (Å²) in [6.07, 6.45) is 11.2. The first-order chi connectivity index (χ1) is 7.79. The molecule has 0 radical (unpaired) electrons. The van der Waals surface area contributed by atoms with Gasteiger partial charge in [-0.15, -0.1) is 0 Å². The fraction of sp³-hybridized carbons (Fsp3) is 0.769. The summed E-state index contributed by atoms with van der Waals surface area (Å²) in [6, 6.07) is 0.110. The highest BCUT2D eigenvalue weighted by atomic mass is 15.1. The van der Waals surface area contributed by atoms with E-state index >= 15 is 0 Å². The van der Waals surface area contributed by atoms with Crippen molar-refractivity contribution in [2.45, 2.75) is 65.0 Å². The summed E-state index contributed by atoms with van der Waals surface area (Å²) in [5.41, 5.74) is 6.17. The lowest BCUT2D eigenvalue weighted by Crippen LogP contribution is -2.16. The highest BCUT2D eigenvalue weighted by molar-refractivity contribution is 4.98. The largest absolute Gasteiger partial charge is 0.334 e. The van der Waals surface area contributed by atoms with Crippen molar-refractivity contribution in [3.63, 3.8) is 0 Å². The zero-order valence-corrected chi connectivity index (χ0v) is 10.7. The van der Waals surface area contributed by atoms with Crippen LogP contribution in [0.25, 0.3) is 0 Å². The van der Waals surface area contributed by atoms with Crippen molar-refractivity contribution in [2.24, 2.45) is 5.73 Å². The van der Waals surface area contributed by atoms with Crippen LogP contribution in [0.1, 0.15) is 64.2 Å². The van der Waals surface area contributed by atoms with Gasteiger partial charge >= 0.3 is 0 Å². The molecule has 0 aliphatic rings. The highest BCUT2D eigenvalue weighted by Crippen LogP contribution is 2.16. The summed E-state index contributed by atoms with van der Waals surface area (Å²) in [5.74, 6) is 1.05. The monoisotopic (exact) mass is 223 g/mol. The van der Waals surface area contributed by atoms with Gasteiger partial charge in [0, 0.05) is 18.9 Å². The molecule has 16 heavy (non-hydrogen) atoms. The lowest BCUT2D eigenvalue weighted by molar-refractivity contribution is 0.515. The number of imidazole rings is 1. The van der Waals surface area contributed by atoms with Crippen LogP contribution >= 0.6 is 0 Å². The second-order valence-corrected chi connectivity index (χ2v) is 4.43. The Morgan fingerprint density at radius 2 is 2.06 bits per heavy atom. The van der Waals surface area contributed by atoms with E-state index < -0.39 is 0 Å². The summed E-state index contributed by atoms with van der Waals surface area (Å²) in [7, 11) is 0. The molecule has 1 unspecified atom stereocenters. The number of aryl methyl sites for hydroxylation is 1. The average Bonchev–Trinajstić information content (AvgIpc) is 2.73. The molecule has 0 aromatic carbocycles. The second kappa shape index (κ2) is 7.44. The van der Waals surface area contributed by atoms with Crippen molar-refractivity contribution in [1.82, 2.24) is 9.55 Å². The summed E-state index contributed by atoms with van der Waals surface area (Å²) >= 11 is 0. The Bertz CT molecular complexity index is 280. The molecule has 1 aromatic heterocycles. The molecule has 0 amide bonds. The van der Waals surface area contributed by atoms with Crippen LogP contribution in [0.3, 0.4) is 0 Å². The van der Waals surface area contributed by atoms with Gasteiger partial charge < -0.3 is 10.3 Å². The highest BCUT2D eigenvalue weighted by Gasteiger charge is 2.11. The maximum absolute atomic E-state index is 6.17. The summed E-state index contributed by atoms with van der Waals surface area (Å²) in [5, 5.41) is 0. The van der Waals surface area contributed by atoms with Gasteiger partial charge in [0.05, 0.1) is 6.04 Å². The third kappa shape index (κ3) is 3.97. The molecule has 1 atom stereocenters. The third-order valence-electron chi connectivity index (χ3n) is 2.91. The van der Waals surface area contributed by atoms with Crippen molar-refractivity contribution in [3.05, 3.63) is 18.2 Å². The number of hydrogen-bond acceptors (Lipinski definition) is 2. The Morgan fingerprint density at radius 3 is 2.75 bits per heavy atom. The predicted molar refractivity (Wildman–Crippen MR) is 68.2 cm³/mol. The molecule has 1 heterocycles. The molecule has 0 aliphatic heterocycles. The molecule has 1 aromatic rings. The zero-order valence-electron chi connectivity index (χ0n) is 10.7. The molecule has 0 fully saturated rings. The Morgan fingerprint density at radius 1 is 1.25 bits per heavy atom. The molecule has 0 saturated heterocycles. The van der Waals surface area contributed by atoms with Crippen molar-refractivity contribution in [1.29, 1.82) is 0 Å². The zero-order chi connectivity index (χ0) is 11.8. The molecule has 0 bridgehead atoms. The Labute approximate surface area is 99.1 Å². The minimum atomic E-state index is 0.110. The van der Waals surface area contributed by atoms with Crippen LogP contribution in [-0.2, 0) is 6.54 Å². The lowest BCUT2D eigenvalue weighted by atomic mass is 10.1. The first-order valence-corrected chi connectivity index (χ1v) is 6.56. The summed E-state index contributed by atoms with van der Waals surface area (Å²) < 4.78 is 2.19. The molecule has 92 valence electrons. The summed E-state index contributed by atoms with van der Waals surface area (Å²) in [6.45, 7) is 5.43. The molecular formula is C13H25N3. The van der Waals surface area contributed by atoms with E-state index in [9.17, 15) is 0 Å². The van der Waals surface area contributed by atoms with Gasteiger partial charge in [-0.1, -0.05) is 39.5 Å². The topological polar surface area (TPSA) is 43.8 Å². The molecule has 3 nitrogen and oxygen atoms in total. The van der Waals surface area contributed by atoms with Crippen LogP contribution in [0.15, 0.2) is 12.4 Å². The van der Waals surface area contributed by atoms with E-state index in [1.54, 1.807) is 0 Å². The van der Waals surface area contributed by atoms with Gasteiger partial charge in [-0.3, -0.25) is 0 Å². The maximum Gasteiger partial charge on any atom is 0.125 e. The van der Waals surface area contributed by atoms with E-state index in [0.29, 0.717) is 0 Å². The van der Waals surface area contributed by atoms with Gasteiger partial charge in [0.1, 0.15) is 5.82 Å². The lowest BCUT2D eigenvalue weighted by Gasteiger charge is -2.13. The van der Waals surface area contributed by atoms with E-state index in [4.69, 9.17) is 5.73 Å². The molecule has 1 rings (SSSR count). The molecular weight excluding hydrogens is 198 g/mol. The van der Waals surface area contributed by atoms with E-state index in [-0.39, 0.29) is 6.04 Å². The van der Waals surface area contributed by atoms with Gasteiger partial charge in [-0.25, -0.2) is 4.98 Å². The number of unbranched alkanes of at least 4 members (excludes halogenated alkanes) is 3. The normalized spacial score (nSPS) is 12.9. The first kappa shape index (κ1) is 13.2. The van der Waals surface area contributed by atoms with E-state index in [1.165, 1.54) is 25.7 Å². The second-order valence-electron chi connectivity index (χ2n) is 4.43. The minimum absolute atomic E-state index is 0.110. The van der Waals surface area contributed by atoms with Crippen LogP contribution < -0.4 is 5.73 Å². The van der Waals surface area contributed by atoms with Gasteiger partial charge in [0.2, 0.25) is 0 Å². The molecule has 0 spiro atoms. The minimum Gasteiger partial charge on any atom is -0.334 e. The Balaban J connectivity index is 2.39. The SMILES string of the molecule is CCCCCCC(N)c1nccn1CCC. The smallest absolute Gasteiger partial charge is 0.125 e. The van der Waals surface area contributed by atoms with Crippen LogP contribution in [0, 0.1) is 0 Å². The van der Waals surface area contributed by atoms with Crippen molar-refractivity contribution < 1.29 is 0 Å². The maximum atomic E-state index is 6.17. The van der Waals surface area contributed by atoms with Gasteiger partial charge in [-0.2, -0.15) is 0 Å². The first-order valence-electron chi connectivity index (χ1n) is 6.56. The van der Waals surface area contributed by atoms with Gasteiger partial charge in [0.15, 0.2) is 0 Å². The number of nitrogens with two attached hydrogens (primary N) is 1. The number of hydrogen-bond donors (Lipinski definition) is 1. The number of rotatable bonds is 8. The van der Waals surface area contributed by atoms with Crippen LogP contribution in [0.4, 0.5) is 0 Å². The van der Waals surface area contributed by atoms with Gasteiger partial charge in [0.25, 0.3) is 0 Å². The van der Waals surface area contributed by atoms with Gasteiger partial charge in [-0.05, 0) is 12.8 Å². The number of nitrogens with zero attached hydrogens (tertiary/aromatic N) is 2. The fourth-order valence-corrected chi connectivity index (χ4v) is 2.00. The van der Waals surface area contributed by atoms with E-state index in [2.05, 4.69) is 23.4 Å². The van der Waals surface area contributed by atoms with Crippen LogP contribution in [0.2, 0.25) is 0 Å². The Kier molecular flexibility index (Phi) is 6.16. The summed E-state index contributed by atoms with van der Waals surface area (Å²) in [4.78, 5) is 4.37. The average molecular weight is 223 g/mol. The van der Waals surface area contributed by atoms with Crippen molar-refractivity contribution >= 4 is 0 Å². The fourth-order valence-electron chi connectivity index (χ4n) is 2.00. The van der Waals surface area contributed by atoms with Crippen molar-refractivity contribution in [2.75, 3.05) is 0 Å². The van der Waals surface area contributed by atoms with Crippen LogP contribution in [0.5, 0.6) is 0 Å². The van der Waals surface area contributed by atoms with E-state index in [1.807, 2.05) is 12.4 Å². The quantitative estimate of drug-likeness (QED) is 0.687. The van der Waals surface area contributed by atoms with E-state index in [0.717, 1.165) is 25.2 Å². The van der Waals surface area contributed by atoms with Crippen molar-refractivity contribution in [3.8, 4) is 0 Å². The number of aromatic nitrogens is 2. The van der Waals surface area contributed by atoms with Crippen LogP contribution in [-0.4, -0.2) is 9.55 Å². The predicted octanol–water partition coefficient (Wildman–Crippen LogP) is 3.26. The Hall–Kier alpha value is -0.830.